The molecule has 2 rings (SSSR count). The van der Waals surface area contributed by atoms with Crippen LogP contribution in [0.25, 0.3) is 0 Å². The molecule has 1 atom stereocenters. The predicted molar refractivity (Wildman–Crippen MR) is 72.9 cm³/mol. The van der Waals surface area contributed by atoms with Gasteiger partial charge in [-0.15, -0.1) is 0 Å². The SMILES string of the molecule is COc1ccc(C(C)Oc2ccc([N+](=O)[O-])cn2)cc1. The molecule has 1 aromatic heterocycles. The van der Waals surface area contributed by atoms with Crippen molar-refractivity contribution in [2.45, 2.75) is 13.0 Å². The summed E-state index contributed by atoms with van der Waals surface area (Å²) >= 11 is 0. The van der Waals surface area contributed by atoms with Gasteiger partial charge in [-0.05, 0) is 24.6 Å². The lowest BCUT2D eigenvalue weighted by Gasteiger charge is -2.14. The van der Waals surface area contributed by atoms with Crippen LogP contribution in [-0.2, 0) is 0 Å². The number of methoxy groups -OCH3 is 1. The quantitative estimate of drug-likeness (QED) is 0.618. The number of nitro groups is 1. The topological polar surface area (TPSA) is 74.5 Å². The van der Waals surface area contributed by atoms with Crippen molar-refractivity contribution in [3.8, 4) is 11.6 Å². The fourth-order valence-corrected chi connectivity index (χ4v) is 1.67. The number of ether oxygens (including phenoxy) is 2. The second kappa shape index (κ2) is 6.01. The highest BCUT2D eigenvalue weighted by atomic mass is 16.6. The first-order valence-corrected chi connectivity index (χ1v) is 6.01. The molecular weight excluding hydrogens is 260 g/mol. The van der Waals surface area contributed by atoms with Gasteiger partial charge in [0.15, 0.2) is 0 Å². The van der Waals surface area contributed by atoms with Crippen LogP contribution in [0.4, 0.5) is 5.69 Å². The highest BCUT2D eigenvalue weighted by Crippen LogP contribution is 2.23. The highest BCUT2D eigenvalue weighted by molar-refractivity contribution is 5.31. The summed E-state index contributed by atoms with van der Waals surface area (Å²) < 4.78 is 10.7. The molecule has 20 heavy (non-hydrogen) atoms. The standard InChI is InChI=1S/C14H14N2O4/c1-10(11-3-6-13(19-2)7-4-11)20-14-8-5-12(9-15-14)16(17)18/h3-10H,1-2H3. The molecule has 0 N–H and O–H groups in total. The Morgan fingerprint density at radius 1 is 1.20 bits per heavy atom. The first-order valence-electron chi connectivity index (χ1n) is 6.01. The van der Waals surface area contributed by atoms with E-state index >= 15 is 0 Å². The van der Waals surface area contributed by atoms with E-state index in [9.17, 15) is 10.1 Å². The van der Waals surface area contributed by atoms with Gasteiger partial charge in [0, 0.05) is 12.1 Å². The average Bonchev–Trinajstić information content (AvgIpc) is 2.48. The Morgan fingerprint density at radius 2 is 1.90 bits per heavy atom. The molecule has 0 bridgehead atoms. The van der Waals surface area contributed by atoms with E-state index in [-0.39, 0.29) is 11.8 Å². The van der Waals surface area contributed by atoms with Crippen LogP contribution in [0.15, 0.2) is 42.6 Å². The Morgan fingerprint density at radius 3 is 2.40 bits per heavy atom. The van der Waals surface area contributed by atoms with E-state index in [0.717, 1.165) is 11.3 Å². The van der Waals surface area contributed by atoms with Gasteiger partial charge in [0.1, 0.15) is 18.1 Å². The summed E-state index contributed by atoms with van der Waals surface area (Å²) in [6.45, 7) is 1.88. The van der Waals surface area contributed by atoms with Gasteiger partial charge in [-0.1, -0.05) is 12.1 Å². The maximum absolute atomic E-state index is 10.5. The number of benzene rings is 1. The minimum absolute atomic E-state index is 0.0607. The molecule has 104 valence electrons. The fraction of sp³-hybridized carbons (Fsp3) is 0.214. The summed E-state index contributed by atoms with van der Waals surface area (Å²) in [5, 5.41) is 10.5. The van der Waals surface area contributed by atoms with Crippen LogP contribution in [0, 0.1) is 10.1 Å². The third kappa shape index (κ3) is 3.23. The Hall–Kier alpha value is -2.63. The van der Waals surface area contributed by atoms with Crippen LogP contribution in [0.5, 0.6) is 11.6 Å². The van der Waals surface area contributed by atoms with Crippen molar-refractivity contribution in [3.05, 3.63) is 58.3 Å². The zero-order chi connectivity index (χ0) is 14.5. The summed E-state index contributed by atoms with van der Waals surface area (Å²) in [7, 11) is 1.61. The number of nitrogens with zero attached hydrogens (tertiary/aromatic N) is 2. The fourth-order valence-electron chi connectivity index (χ4n) is 1.67. The van der Waals surface area contributed by atoms with Crippen LogP contribution in [-0.4, -0.2) is 17.0 Å². The first kappa shape index (κ1) is 13.8. The van der Waals surface area contributed by atoms with E-state index in [1.807, 2.05) is 31.2 Å². The van der Waals surface area contributed by atoms with Gasteiger partial charge in [0.25, 0.3) is 5.69 Å². The maximum Gasteiger partial charge on any atom is 0.287 e. The molecule has 0 amide bonds. The summed E-state index contributed by atoms with van der Waals surface area (Å²) in [6, 6.07) is 10.3. The zero-order valence-corrected chi connectivity index (χ0v) is 11.1. The molecule has 0 spiro atoms. The molecule has 1 heterocycles. The van der Waals surface area contributed by atoms with E-state index in [4.69, 9.17) is 9.47 Å². The minimum atomic E-state index is -0.496. The molecular formula is C14H14N2O4. The van der Waals surface area contributed by atoms with Crippen LogP contribution < -0.4 is 9.47 Å². The van der Waals surface area contributed by atoms with Crippen LogP contribution in [0.2, 0.25) is 0 Å². The molecule has 0 saturated carbocycles. The number of pyridine rings is 1. The summed E-state index contributed by atoms with van der Waals surface area (Å²) in [5.74, 6) is 1.12. The van der Waals surface area contributed by atoms with Gasteiger partial charge >= 0.3 is 0 Å². The van der Waals surface area contributed by atoms with Crippen molar-refractivity contribution in [1.29, 1.82) is 0 Å². The second-order valence-corrected chi connectivity index (χ2v) is 4.14. The Balaban J connectivity index is 2.06. The molecule has 0 saturated heterocycles. The first-order chi connectivity index (χ1) is 9.60. The van der Waals surface area contributed by atoms with Gasteiger partial charge in [-0.2, -0.15) is 0 Å². The monoisotopic (exact) mass is 274 g/mol. The number of hydrogen-bond donors (Lipinski definition) is 0. The van der Waals surface area contributed by atoms with Crippen LogP contribution >= 0.6 is 0 Å². The zero-order valence-electron chi connectivity index (χ0n) is 11.1. The summed E-state index contributed by atoms with van der Waals surface area (Å²) in [6.07, 6.45) is 0.964. The smallest absolute Gasteiger partial charge is 0.287 e. The van der Waals surface area contributed by atoms with Crippen molar-refractivity contribution in [1.82, 2.24) is 4.98 Å². The highest BCUT2D eigenvalue weighted by Gasteiger charge is 2.10. The molecule has 0 aliphatic heterocycles. The van der Waals surface area contributed by atoms with E-state index in [1.54, 1.807) is 7.11 Å². The van der Waals surface area contributed by atoms with Gasteiger partial charge in [0.2, 0.25) is 5.88 Å². The van der Waals surface area contributed by atoms with Gasteiger partial charge < -0.3 is 9.47 Å². The third-order valence-corrected chi connectivity index (χ3v) is 2.81. The largest absolute Gasteiger partial charge is 0.497 e. The van der Waals surface area contributed by atoms with E-state index in [0.29, 0.717) is 5.88 Å². The van der Waals surface area contributed by atoms with E-state index < -0.39 is 4.92 Å². The number of hydrogen-bond acceptors (Lipinski definition) is 5. The van der Waals surface area contributed by atoms with Gasteiger partial charge in [-0.25, -0.2) is 4.98 Å². The number of rotatable bonds is 5. The predicted octanol–water partition coefficient (Wildman–Crippen LogP) is 3.14. The second-order valence-electron chi connectivity index (χ2n) is 4.14. The summed E-state index contributed by atoms with van der Waals surface area (Å²) in [5.41, 5.74) is 0.903. The van der Waals surface area contributed by atoms with Gasteiger partial charge in [-0.3, -0.25) is 10.1 Å². The molecule has 0 fully saturated rings. The normalized spacial score (nSPS) is 11.7. The average molecular weight is 274 g/mol. The Bertz CT molecular complexity index is 581. The van der Waals surface area contributed by atoms with Crippen molar-refractivity contribution >= 4 is 5.69 Å². The van der Waals surface area contributed by atoms with Crippen molar-refractivity contribution in [3.63, 3.8) is 0 Å². The van der Waals surface area contributed by atoms with Gasteiger partial charge in [0.05, 0.1) is 12.0 Å². The molecule has 6 nitrogen and oxygen atoms in total. The Kier molecular flexibility index (Phi) is 4.14. The maximum atomic E-state index is 10.5. The van der Waals surface area contributed by atoms with Crippen LogP contribution in [0.1, 0.15) is 18.6 Å². The molecule has 1 unspecified atom stereocenters. The number of aromatic nitrogens is 1. The van der Waals surface area contributed by atoms with Crippen molar-refractivity contribution in [2.75, 3.05) is 7.11 Å². The van der Waals surface area contributed by atoms with Crippen LogP contribution in [0.3, 0.4) is 0 Å². The van der Waals surface area contributed by atoms with Crippen molar-refractivity contribution < 1.29 is 14.4 Å². The molecule has 2 aromatic rings. The van der Waals surface area contributed by atoms with E-state index in [1.165, 1.54) is 18.3 Å². The summed E-state index contributed by atoms with van der Waals surface area (Å²) in [4.78, 5) is 13.9. The van der Waals surface area contributed by atoms with Crippen molar-refractivity contribution in [2.24, 2.45) is 0 Å². The lowest BCUT2D eigenvalue weighted by Crippen LogP contribution is -2.04. The Labute approximate surface area is 116 Å². The lowest BCUT2D eigenvalue weighted by atomic mass is 10.1. The molecule has 6 heteroatoms. The molecule has 1 aromatic carbocycles. The third-order valence-electron chi connectivity index (χ3n) is 2.81. The minimum Gasteiger partial charge on any atom is -0.497 e. The van der Waals surface area contributed by atoms with E-state index in [2.05, 4.69) is 4.98 Å². The molecule has 0 aliphatic rings. The lowest BCUT2D eigenvalue weighted by molar-refractivity contribution is -0.385. The molecule has 0 radical (unpaired) electrons. The molecule has 0 aliphatic carbocycles.